The van der Waals surface area contributed by atoms with E-state index in [1.165, 1.54) is 49.7 Å². The second-order valence-electron chi connectivity index (χ2n) is 25.9. The number of likely N-dealkylation sites (N-methyl/N-ethyl adjacent to an activating group) is 4. The molecule has 2 saturated heterocycles. The first-order valence-electron chi connectivity index (χ1n) is 32.9. The third-order valence-electron chi connectivity index (χ3n) is 17.7. The normalized spacial score (nSPS) is 17.7. The molecule has 2 heterocycles. The number of hydrogen-bond donors (Lipinski definition) is 1. The van der Waals surface area contributed by atoms with Gasteiger partial charge in [0.15, 0.2) is 24.4 Å². The van der Waals surface area contributed by atoms with Crippen LogP contribution < -0.4 is 15.1 Å². The lowest BCUT2D eigenvalue weighted by atomic mass is 10.0. The van der Waals surface area contributed by atoms with Crippen LogP contribution in [0.15, 0.2) is 78.9 Å². The zero-order valence-electron chi connectivity index (χ0n) is 55.3. The minimum Gasteiger partial charge on any atom is -0.458 e. The van der Waals surface area contributed by atoms with Crippen LogP contribution in [-0.4, -0.2) is 192 Å². The van der Waals surface area contributed by atoms with E-state index in [9.17, 15) is 33.6 Å². The fourth-order valence-corrected chi connectivity index (χ4v) is 11.6. The van der Waals surface area contributed by atoms with Gasteiger partial charge in [-0.25, -0.2) is 19.2 Å². The standard InChI is InChI=1S/C70H100N6O15/c1-46(2)42-59(73(9)64(78)61(90-67(81)57(71-7)44-53-18-19-53)32-25-51-20-27-55(28-21-51)75-34-38-85-39-35-75)69(83)88-48(5)63(77)72(8)58(31-24-50-16-17-50)68(82)91-62(33-26-52-22-29-56(30-23-52)76-36-40-86-41-37-76)65(79)74(10)60(43-47(3)4)70(84)89-49(6)66(80)87-45-54-14-12-11-13-15-54/h11-15,20-23,27-30,46-50,53,57-62,71H,16-19,24-26,31-45H2,1-10H3/t48-,49-,57+,58+,59+,60+,61-,62-/m1/s1. The van der Waals surface area contributed by atoms with Crippen molar-refractivity contribution in [3.63, 3.8) is 0 Å². The number of amides is 3. The lowest BCUT2D eigenvalue weighted by molar-refractivity contribution is -0.176. The Kier molecular flexibility index (Phi) is 27.5. The molecule has 2 aliphatic heterocycles. The molecule has 8 atom stereocenters. The number of esters is 5. The number of carbonyl (C=O) groups excluding carboxylic acids is 8. The molecule has 1 N–H and O–H groups in total. The van der Waals surface area contributed by atoms with E-state index in [0.717, 1.165) is 79.9 Å². The number of anilines is 2. The first-order valence-corrected chi connectivity index (χ1v) is 32.9. The van der Waals surface area contributed by atoms with Crippen molar-refractivity contribution in [3.8, 4) is 0 Å². The van der Waals surface area contributed by atoms with Gasteiger partial charge in [0, 0.05) is 58.7 Å². The molecule has 2 aliphatic carbocycles. The summed E-state index contributed by atoms with van der Waals surface area (Å²) in [4.78, 5) is 123. The van der Waals surface area contributed by atoms with Crippen LogP contribution in [0.4, 0.5) is 11.4 Å². The highest BCUT2D eigenvalue weighted by atomic mass is 16.6. The molecule has 500 valence electrons. The second kappa shape index (κ2) is 35.1. The van der Waals surface area contributed by atoms with Crippen molar-refractivity contribution >= 4 is 58.9 Å². The van der Waals surface area contributed by atoms with Gasteiger partial charge in [-0.3, -0.25) is 19.2 Å². The van der Waals surface area contributed by atoms with Crippen LogP contribution >= 0.6 is 0 Å². The van der Waals surface area contributed by atoms with Crippen LogP contribution in [0, 0.1) is 23.7 Å². The van der Waals surface area contributed by atoms with Crippen molar-refractivity contribution in [2.45, 2.75) is 180 Å². The van der Waals surface area contributed by atoms with Crippen LogP contribution in [0.2, 0.25) is 0 Å². The maximum Gasteiger partial charge on any atom is 0.347 e. The average Bonchev–Trinajstić information content (AvgIpc) is 2.20. The van der Waals surface area contributed by atoms with Gasteiger partial charge < -0.3 is 63.0 Å². The van der Waals surface area contributed by atoms with Crippen molar-refractivity contribution in [2.24, 2.45) is 23.7 Å². The highest BCUT2D eigenvalue weighted by molar-refractivity contribution is 5.93. The Labute approximate surface area is 538 Å². The Hall–Kier alpha value is -7.10. The molecule has 0 unspecified atom stereocenters. The van der Waals surface area contributed by atoms with Gasteiger partial charge in [0.2, 0.25) is 0 Å². The van der Waals surface area contributed by atoms with Crippen LogP contribution in [0.3, 0.4) is 0 Å². The first kappa shape index (κ1) is 71.3. The topological polar surface area (TPSA) is 229 Å². The number of rotatable bonds is 35. The average molecular weight is 1270 g/mol. The smallest absolute Gasteiger partial charge is 0.347 e. The highest BCUT2D eigenvalue weighted by Crippen LogP contribution is 2.36. The third kappa shape index (κ3) is 22.0. The van der Waals surface area contributed by atoms with Gasteiger partial charge in [0.05, 0.1) is 26.4 Å². The molecule has 7 rings (SSSR count). The second-order valence-corrected chi connectivity index (χ2v) is 25.9. The summed E-state index contributed by atoms with van der Waals surface area (Å²) in [5.74, 6) is -5.45. The molecular weight excluding hydrogens is 1160 g/mol. The molecule has 91 heavy (non-hydrogen) atoms. The van der Waals surface area contributed by atoms with E-state index >= 15 is 4.79 Å². The van der Waals surface area contributed by atoms with Crippen LogP contribution in [0.25, 0.3) is 0 Å². The van der Waals surface area contributed by atoms with E-state index in [1.807, 2.05) is 94.4 Å². The van der Waals surface area contributed by atoms with E-state index in [0.29, 0.717) is 57.5 Å². The van der Waals surface area contributed by atoms with Gasteiger partial charge in [-0.15, -0.1) is 0 Å². The van der Waals surface area contributed by atoms with Crippen LogP contribution in [0.5, 0.6) is 0 Å². The van der Waals surface area contributed by atoms with Crippen molar-refractivity contribution in [1.29, 1.82) is 0 Å². The molecule has 4 aliphatic rings. The van der Waals surface area contributed by atoms with Crippen molar-refractivity contribution < 1.29 is 71.5 Å². The Morgan fingerprint density at radius 3 is 1.36 bits per heavy atom. The Bertz CT molecular complexity index is 2840. The van der Waals surface area contributed by atoms with Gasteiger partial charge >= 0.3 is 29.8 Å². The van der Waals surface area contributed by atoms with Gasteiger partial charge in [-0.05, 0) is 143 Å². The number of nitrogens with one attached hydrogen (secondary N) is 1. The molecule has 2 saturated carbocycles. The fourth-order valence-electron chi connectivity index (χ4n) is 11.6. The fraction of sp³-hybridized carbons (Fsp3) is 0.629. The van der Waals surface area contributed by atoms with Gasteiger partial charge in [-0.2, -0.15) is 0 Å². The predicted octanol–water partition coefficient (Wildman–Crippen LogP) is 7.51. The van der Waals surface area contributed by atoms with Crippen LogP contribution in [-0.2, 0) is 91.0 Å². The molecule has 0 radical (unpaired) electrons. The minimum atomic E-state index is -1.45. The lowest BCUT2D eigenvalue weighted by Gasteiger charge is -2.34. The molecule has 0 spiro atoms. The van der Waals surface area contributed by atoms with E-state index < -0.39 is 96.2 Å². The Balaban J connectivity index is 1.07. The number of aryl methyl sites for hydroxylation is 2. The van der Waals surface area contributed by atoms with Crippen molar-refractivity contribution in [2.75, 3.05) is 90.6 Å². The monoisotopic (exact) mass is 1260 g/mol. The summed E-state index contributed by atoms with van der Waals surface area (Å²) >= 11 is 0. The number of benzene rings is 3. The van der Waals surface area contributed by atoms with E-state index in [-0.39, 0.29) is 57.0 Å². The summed E-state index contributed by atoms with van der Waals surface area (Å²) in [6, 6.07) is 20.8. The predicted molar refractivity (Wildman–Crippen MR) is 343 cm³/mol. The molecule has 21 heteroatoms. The summed E-state index contributed by atoms with van der Waals surface area (Å²) in [5.41, 5.74) is 4.62. The van der Waals surface area contributed by atoms with Crippen LogP contribution in [0.1, 0.15) is 129 Å². The van der Waals surface area contributed by atoms with E-state index in [4.69, 9.17) is 33.2 Å². The lowest BCUT2D eigenvalue weighted by Crippen LogP contribution is -2.53. The molecule has 0 aromatic heterocycles. The maximum absolute atomic E-state index is 15.0. The van der Waals surface area contributed by atoms with E-state index in [2.05, 4.69) is 15.1 Å². The summed E-state index contributed by atoms with van der Waals surface area (Å²) in [5, 5.41) is 3.07. The number of nitrogens with zero attached hydrogens (tertiary/aromatic N) is 5. The van der Waals surface area contributed by atoms with Gasteiger partial charge in [-0.1, -0.05) is 108 Å². The zero-order chi connectivity index (χ0) is 65.7. The number of morpholine rings is 2. The Morgan fingerprint density at radius 1 is 0.495 bits per heavy atom. The molecule has 21 nitrogen and oxygen atoms in total. The largest absolute Gasteiger partial charge is 0.458 e. The number of hydrogen-bond acceptors (Lipinski definition) is 18. The third-order valence-corrected chi connectivity index (χ3v) is 17.7. The molecule has 3 amide bonds. The maximum atomic E-state index is 15.0. The van der Waals surface area contributed by atoms with Gasteiger partial charge in [0.1, 0.15) is 30.8 Å². The molecule has 3 aromatic rings. The molecule has 4 fully saturated rings. The van der Waals surface area contributed by atoms with Crippen molar-refractivity contribution in [3.05, 3.63) is 95.6 Å². The highest BCUT2D eigenvalue weighted by Gasteiger charge is 2.42. The SMILES string of the molecule is CN[C@@H](CC1CC1)C(=O)O[C@H](CCc1ccc(N2CCOCC2)cc1)C(=O)N(C)[C@@H](CC(C)C)C(=O)O[C@H](C)C(=O)N(C)[C@@H](CCC1CC1)C(=O)O[C@H](CCc1ccc(N2CCOCC2)cc1)C(=O)N(C)[C@@H](CC(C)C)C(=O)O[C@H](C)C(=O)OCc1ccccc1. The van der Waals surface area contributed by atoms with Gasteiger partial charge in [0.25, 0.3) is 17.7 Å². The number of carbonyl (C=O) groups is 8. The minimum absolute atomic E-state index is 0.00102. The summed E-state index contributed by atoms with van der Waals surface area (Å²) in [7, 11) is 6.04. The zero-order valence-corrected chi connectivity index (χ0v) is 55.3. The molecule has 0 bridgehead atoms. The van der Waals surface area contributed by atoms with Crippen molar-refractivity contribution in [1.82, 2.24) is 20.0 Å². The summed E-state index contributed by atoms with van der Waals surface area (Å²) in [6.45, 7) is 15.9. The molecule has 3 aromatic carbocycles. The van der Waals surface area contributed by atoms with E-state index in [1.54, 1.807) is 19.2 Å². The number of ether oxygens (including phenoxy) is 7. The Morgan fingerprint density at radius 2 is 0.923 bits per heavy atom. The summed E-state index contributed by atoms with van der Waals surface area (Å²) in [6.07, 6.45) is 0.892. The molecular formula is C70H100N6O15. The summed E-state index contributed by atoms with van der Waals surface area (Å²) < 4.78 is 40.6. The first-order chi connectivity index (χ1) is 43.6. The quantitative estimate of drug-likeness (QED) is 0.0444.